The van der Waals surface area contributed by atoms with Crippen molar-refractivity contribution in [1.29, 1.82) is 0 Å². The summed E-state index contributed by atoms with van der Waals surface area (Å²) in [6, 6.07) is 14.9. The van der Waals surface area contributed by atoms with Crippen LogP contribution in [0.3, 0.4) is 0 Å². The van der Waals surface area contributed by atoms with Crippen molar-refractivity contribution in [3.63, 3.8) is 0 Å². The van der Waals surface area contributed by atoms with Crippen molar-refractivity contribution >= 4 is 26.6 Å². The van der Waals surface area contributed by atoms with E-state index in [0.29, 0.717) is 29.8 Å². The first-order valence-corrected chi connectivity index (χ1v) is 13.0. The number of hydrogen-bond acceptors (Lipinski definition) is 6. The van der Waals surface area contributed by atoms with Crippen LogP contribution in [0.4, 0.5) is 0 Å². The number of aryl methyl sites for hydroxylation is 1. The highest BCUT2D eigenvalue weighted by Crippen LogP contribution is 2.30. The minimum absolute atomic E-state index is 0.117. The molecule has 1 atom stereocenters. The van der Waals surface area contributed by atoms with Gasteiger partial charge in [-0.1, -0.05) is 35.5 Å². The molecule has 2 aromatic heterocycles. The molecule has 3 heterocycles. The molecule has 9 heteroatoms. The Morgan fingerprint density at radius 3 is 2.65 bits per heavy atom. The highest BCUT2D eigenvalue weighted by atomic mass is 32.2. The molecule has 2 aromatic carbocycles. The van der Waals surface area contributed by atoms with Crippen molar-refractivity contribution in [2.24, 2.45) is 0 Å². The van der Waals surface area contributed by atoms with Crippen LogP contribution in [-0.2, 0) is 16.4 Å². The molecule has 1 saturated heterocycles. The summed E-state index contributed by atoms with van der Waals surface area (Å²) >= 11 is 0. The van der Waals surface area contributed by atoms with E-state index in [9.17, 15) is 13.2 Å². The Morgan fingerprint density at radius 2 is 1.94 bits per heavy atom. The number of carbonyl (C=O) groups is 1. The maximum atomic E-state index is 13.3. The fraction of sp³-hybridized carbons (Fsp3) is 0.320. The van der Waals surface area contributed by atoms with Crippen LogP contribution in [0.15, 0.2) is 53.1 Å². The Morgan fingerprint density at radius 1 is 1.18 bits per heavy atom. The summed E-state index contributed by atoms with van der Waals surface area (Å²) in [7, 11) is -1.25. The molecule has 1 aliphatic heterocycles. The Balaban J connectivity index is 1.40. The number of amides is 1. The van der Waals surface area contributed by atoms with E-state index in [1.165, 1.54) is 0 Å². The van der Waals surface area contributed by atoms with Gasteiger partial charge in [0.05, 0.1) is 28.6 Å². The van der Waals surface area contributed by atoms with Gasteiger partial charge in [0, 0.05) is 36.0 Å². The normalized spacial score (nSPS) is 17.3. The van der Waals surface area contributed by atoms with E-state index < -0.39 is 9.84 Å². The molecule has 4 aromatic rings. The monoisotopic (exact) mass is 478 g/mol. The van der Waals surface area contributed by atoms with Crippen LogP contribution in [0, 0.1) is 13.8 Å². The lowest BCUT2D eigenvalue weighted by Crippen LogP contribution is -2.26. The van der Waals surface area contributed by atoms with Crippen molar-refractivity contribution in [2.75, 3.05) is 18.6 Å². The minimum Gasteiger partial charge on any atom is -0.355 e. The Kier molecular flexibility index (Phi) is 5.51. The van der Waals surface area contributed by atoms with Crippen LogP contribution < -0.4 is 0 Å². The second kappa shape index (κ2) is 8.39. The van der Waals surface area contributed by atoms with E-state index in [4.69, 9.17) is 4.52 Å². The van der Waals surface area contributed by atoms with Crippen LogP contribution in [0.5, 0.6) is 0 Å². The average molecular weight is 479 g/mol. The fourth-order valence-corrected chi connectivity index (χ4v) is 6.34. The number of rotatable bonds is 5. The van der Waals surface area contributed by atoms with Gasteiger partial charge >= 0.3 is 0 Å². The van der Waals surface area contributed by atoms with Gasteiger partial charge in [-0.25, -0.2) is 8.42 Å². The Hall–Kier alpha value is -3.46. The van der Waals surface area contributed by atoms with E-state index in [1.807, 2.05) is 54.9 Å². The van der Waals surface area contributed by atoms with Gasteiger partial charge < -0.3 is 9.42 Å². The molecule has 0 N–H and O–H groups in total. The van der Waals surface area contributed by atoms with Gasteiger partial charge in [0.2, 0.25) is 0 Å². The lowest BCUT2D eigenvalue weighted by atomic mass is 10.1. The molecule has 1 fully saturated rings. The van der Waals surface area contributed by atoms with Gasteiger partial charge in [0.25, 0.3) is 5.91 Å². The minimum atomic E-state index is -3.01. The maximum absolute atomic E-state index is 13.3. The number of benzene rings is 2. The first-order chi connectivity index (χ1) is 16.2. The Bertz CT molecular complexity index is 1490. The standard InChI is InChI=1S/C25H26N4O4S/c1-16-22(17(2)29(26-16)20-11-12-34(31,32)15-20)14-28(3)25(30)19-9-10-23-21(13-19)24(33-27-23)18-7-5-4-6-8-18/h4-10,13,20H,11-12,14-15H2,1-3H3/t20-/m0/s1. The first kappa shape index (κ1) is 22.3. The lowest BCUT2D eigenvalue weighted by molar-refractivity contribution is 0.0785. The summed E-state index contributed by atoms with van der Waals surface area (Å²) in [5.41, 5.74) is 4.78. The van der Waals surface area contributed by atoms with E-state index >= 15 is 0 Å². The van der Waals surface area contributed by atoms with Gasteiger partial charge in [-0.2, -0.15) is 5.10 Å². The number of hydrogen-bond donors (Lipinski definition) is 0. The molecule has 0 radical (unpaired) electrons. The zero-order valence-electron chi connectivity index (χ0n) is 19.4. The van der Waals surface area contributed by atoms with Crippen LogP contribution in [0.1, 0.15) is 39.8 Å². The number of aromatic nitrogens is 3. The Labute approximate surface area is 198 Å². The molecule has 1 aliphatic rings. The molecular weight excluding hydrogens is 452 g/mol. The largest absolute Gasteiger partial charge is 0.355 e. The first-order valence-electron chi connectivity index (χ1n) is 11.2. The van der Waals surface area contributed by atoms with Gasteiger partial charge in [-0.3, -0.25) is 9.48 Å². The highest BCUT2D eigenvalue weighted by Gasteiger charge is 2.31. The quantitative estimate of drug-likeness (QED) is 0.431. The van der Waals surface area contributed by atoms with Crippen LogP contribution in [-0.4, -0.2) is 52.7 Å². The van der Waals surface area contributed by atoms with Crippen LogP contribution >= 0.6 is 0 Å². The summed E-state index contributed by atoms with van der Waals surface area (Å²) < 4.78 is 31.2. The topological polar surface area (TPSA) is 98.3 Å². The van der Waals surface area contributed by atoms with Gasteiger partial charge in [-0.15, -0.1) is 0 Å². The molecule has 0 bridgehead atoms. The average Bonchev–Trinajstić information content (AvgIpc) is 3.49. The second-order valence-corrected chi connectivity index (χ2v) is 11.2. The fourth-order valence-electron chi connectivity index (χ4n) is 4.65. The molecule has 0 unspecified atom stereocenters. The van der Waals surface area contributed by atoms with Crippen molar-refractivity contribution in [3.8, 4) is 11.3 Å². The predicted molar refractivity (Wildman–Crippen MR) is 129 cm³/mol. The van der Waals surface area contributed by atoms with E-state index in [-0.39, 0.29) is 23.5 Å². The smallest absolute Gasteiger partial charge is 0.253 e. The van der Waals surface area contributed by atoms with Gasteiger partial charge in [0.1, 0.15) is 5.52 Å². The predicted octanol–water partition coefficient (Wildman–Crippen LogP) is 3.94. The third kappa shape index (κ3) is 4.00. The second-order valence-electron chi connectivity index (χ2n) is 8.92. The molecule has 34 heavy (non-hydrogen) atoms. The van der Waals surface area contributed by atoms with Gasteiger partial charge in [0.15, 0.2) is 15.6 Å². The number of carbonyl (C=O) groups excluding carboxylic acids is 1. The number of nitrogens with zero attached hydrogens (tertiary/aromatic N) is 4. The van der Waals surface area contributed by atoms with E-state index in [2.05, 4.69) is 10.3 Å². The molecule has 176 valence electrons. The summed E-state index contributed by atoms with van der Waals surface area (Å²) in [6.07, 6.45) is 0.570. The van der Waals surface area contributed by atoms with Crippen LogP contribution in [0.2, 0.25) is 0 Å². The van der Waals surface area contributed by atoms with E-state index in [0.717, 1.165) is 27.9 Å². The molecule has 0 spiro atoms. The summed E-state index contributed by atoms with van der Waals surface area (Å²) in [5.74, 6) is 0.815. The van der Waals surface area contributed by atoms with E-state index in [1.54, 1.807) is 24.1 Å². The summed E-state index contributed by atoms with van der Waals surface area (Å²) in [5, 5.41) is 9.53. The van der Waals surface area contributed by atoms with Crippen molar-refractivity contribution in [1.82, 2.24) is 19.8 Å². The lowest BCUT2D eigenvalue weighted by Gasteiger charge is -2.18. The molecule has 1 amide bonds. The highest BCUT2D eigenvalue weighted by molar-refractivity contribution is 7.91. The van der Waals surface area contributed by atoms with Crippen molar-refractivity contribution < 1.29 is 17.7 Å². The molecule has 5 rings (SSSR count). The number of sulfone groups is 1. The zero-order valence-corrected chi connectivity index (χ0v) is 20.2. The summed E-state index contributed by atoms with van der Waals surface area (Å²) in [6.45, 7) is 4.22. The SMILES string of the molecule is Cc1nn([C@H]2CCS(=O)(=O)C2)c(C)c1CN(C)C(=O)c1ccc2noc(-c3ccccc3)c2c1. The van der Waals surface area contributed by atoms with Crippen molar-refractivity contribution in [3.05, 3.63) is 71.0 Å². The zero-order chi connectivity index (χ0) is 24.0. The molecule has 0 aliphatic carbocycles. The third-order valence-corrected chi connectivity index (χ3v) is 8.28. The molecule has 8 nitrogen and oxygen atoms in total. The molecular formula is C25H26N4O4S. The number of fused-ring (bicyclic) bond motifs is 1. The maximum Gasteiger partial charge on any atom is 0.253 e. The third-order valence-electron chi connectivity index (χ3n) is 6.53. The van der Waals surface area contributed by atoms with Crippen LogP contribution in [0.25, 0.3) is 22.2 Å². The van der Waals surface area contributed by atoms with Gasteiger partial charge in [-0.05, 0) is 38.5 Å². The summed E-state index contributed by atoms with van der Waals surface area (Å²) in [4.78, 5) is 15.0. The van der Waals surface area contributed by atoms with Crippen molar-refractivity contribution in [2.45, 2.75) is 32.9 Å². The molecule has 0 saturated carbocycles.